The summed E-state index contributed by atoms with van der Waals surface area (Å²) in [5.41, 5.74) is 0.575. The minimum absolute atomic E-state index is 0.0661. The second kappa shape index (κ2) is 5.11. The third-order valence-electron chi connectivity index (χ3n) is 3.68. The number of carboxylic acids is 1. The summed E-state index contributed by atoms with van der Waals surface area (Å²) in [5.74, 6) is -1.28. The number of amides is 1. The molecular weight excluding hydrogens is 300 g/mol. The molecule has 1 atom stereocenters. The number of hydrogen-bond donors (Lipinski definition) is 1. The lowest BCUT2D eigenvalue weighted by Gasteiger charge is -2.23. The highest BCUT2D eigenvalue weighted by Gasteiger charge is 2.43. The molecule has 1 unspecified atom stereocenters. The molecule has 3 rings (SSSR count). The number of carbonyl (C=O) groups is 2. The third kappa shape index (κ3) is 2.81. The molecule has 1 aromatic rings. The minimum Gasteiger partial charge on any atom is -0.481 e. The number of ether oxygens (including phenoxy) is 2. The molecule has 1 amide bonds. The second-order valence-electron chi connectivity index (χ2n) is 5.26. The fourth-order valence-electron chi connectivity index (χ4n) is 2.71. The predicted octanol–water partition coefficient (Wildman–Crippen LogP) is 1.97. The number of benzene rings is 1. The number of hydrogen-bond acceptors (Lipinski definition) is 4. The van der Waals surface area contributed by atoms with Crippen LogP contribution in [0.1, 0.15) is 24.8 Å². The Morgan fingerprint density at radius 1 is 1.36 bits per heavy atom. The first-order valence-corrected chi connectivity index (χ1v) is 6.74. The zero-order valence-electron chi connectivity index (χ0n) is 11.4. The number of halogens is 2. The van der Waals surface area contributed by atoms with Gasteiger partial charge >= 0.3 is 12.3 Å². The summed E-state index contributed by atoms with van der Waals surface area (Å²) in [6.07, 6.45) is -3.04. The van der Waals surface area contributed by atoms with Crippen LogP contribution in [0.5, 0.6) is 11.5 Å². The monoisotopic (exact) mass is 313 g/mol. The van der Waals surface area contributed by atoms with Crippen LogP contribution >= 0.6 is 0 Å². The van der Waals surface area contributed by atoms with Crippen molar-refractivity contribution in [3.8, 4) is 11.5 Å². The molecule has 1 aromatic carbocycles. The van der Waals surface area contributed by atoms with Crippen molar-refractivity contribution in [2.45, 2.75) is 38.1 Å². The molecule has 118 valence electrons. The Kier molecular flexibility index (Phi) is 3.38. The number of likely N-dealkylation sites (tertiary alicyclic amines) is 1. The van der Waals surface area contributed by atoms with Crippen molar-refractivity contribution < 1.29 is 33.0 Å². The molecule has 1 saturated heterocycles. The Bertz CT molecular complexity index is 634. The van der Waals surface area contributed by atoms with Crippen molar-refractivity contribution >= 4 is 11.9 Å². The molecule has 2 aliphatic rings. The van der Waals surface area contributed by atoms with Crippen LogP contribution in [-0.2, 0) is 16.1 Å². The molecule has 1 fully saturated rings. The van der Waals surface area contributed by atoms with Gasteiger partial charge in [-0.3, -0.25) is 9.59 Å². The Hall–Kier alpha value is -2.38. The highest BCUT2D eigenvalue weighted by atomic mass is 19.3. The fourth-order valence-corrected chi connectivity index (χ4v) is 2.71. The van der Waals surface area contributed by atoms with E-state index in [4.69, 9.17) is 5.11 Å². The Morgan fingerprint density at radius 3 is 2.82 bits per heavy atom. The van der Waals surface area contributed by atoms with Gasteiger partial charge in [-0.15, -0.1) is 8.78 Å². The van der Waals surface area contributed by atoms with E-state index in [1.165, 1.54) is 17.0 Å². The molecule has 1 N–H and O–H groups in total. The summed E-state index contributed by atoms with van der Waals surface area (Å²) in [4.78, 5) is 24.2. The van der Waals surface area contributed by atoms with Gasteiger partial charge in [0.25, 0.3) is 0 Å². The molecule has 2 heterocycles. The van der Waals surface area contributed by atoms with Crippen LogP contribution in [-0.4, -0.2) is 34.2 Å². The van der Waals surface area contributed by atoms with Crippen LogP contribution in [0.2, 0.25) is 0 Å². The normalized spacial score (nSPS) is 22.2. The van der Waals surface area contributed by atoms with Gasteiger partial charge in [0.1, 0.15) is 0 Å². The van der Waals surface area contributed by atoms with E-state index in [2.05, 4.69) is 9.47 Å². The largest absolute Gasteiger partial charge is 0.586 e. The lowest BCUT2D eigenvalue weighted by atomic mass is 10.1. The molecule has 0 saturated carbocycles. The lowest BCUT2D eigenvalue weighted by Crippen LogP contribution is -2.33. The van der Waals surface area contributed by atoms with Gasteiger partial charge in [-0.2, -0.15) is 0 Å². The second-order valence-corrected chi connectivity index (χ2v) is 5.26. The van der Waals surface area contributed by atoms with Gasteiger partial charge in [0.2, 0.25) is 5.91 Å². The zero-order valence-corrected chi connectivity index (χ0v) is 11.4. The van der Waals surface area contributed by atoms with E-state index in [9.17, 15) is 18.4 Å². The third-order valence-corrected chi connectivity index (χ3v) is 3.68. The summed E-state index contributed by atoms with van der Waals surface area (Å²) in [5, 5.41) is 8.87. The van der Waals surface area contributed by atoms with Crippen LogP contribution in [0.25, 0.3) is 0 Å². The Morgan fingerprint density at radius 2 is 2.09 bits per heavy atom. The van der Waals surface area contributed by atoms with Gasteiger partial charge < -0.3 is 19.5 Å². The van der Waals surface area contributed by atoms with E-state index in [-0.39, 0.29) is 36.4 Å². The number of rotatable bonds is 4. The Labute approximate surface area is 124 Å². The number of nitrogens with zero attached hydrogens (tertiary/aromatic N) is 1. The van der Waals surface area contributed by atoms with Gasteiger partial charge in [0.15, 0.2) is 11.5 Å². The molecule has 0 spiro atoms. The summed E-state index contributed by atoms with van der Waals surface area (Å²) >= 11 is 0. The highest BCUT2D eigenvalue weighted by Crippen LogP contribution is 2.41. The van der Waals surface area contributed by atoms with Crippen LogP contribution in [0.3, 0.4) is 0 Å². The van der Waals surface area contributed by atoms with Crippen molar-refractivity contribution in [1.82, 2.24) is 4.90 Å². The molecule has 0 aromatic heterocycles. The maximum atomic E-state index is 13.0. The van der Waals surface area contributed by atoms with E-state index in [0.29, 0.717) is 18.4 Å². The van der Waals surface area contributed by atoms with E-state index in [0.717, 1.165) is 0 Å². The van der Waals surface area contributed by atoms with Gasteiger partial charge in [-0.25, -0.2) is 0 Å². The number of carboxylic acid groups (broad SMARTS) is 1. The first-order valence-electron chi connectivity index (χ1n) is 6.74. The molecule has 6 nitrogen and oxygen atoms in total. The number of aliphatic carboxylic acids is 1. The zero-order chi connectivity index (χ0) is 15.9. The van der Waals surface area contributed by atoms with Crippen molar-refractivity contribution in [3.05, 3.63) is 23.8 Å². The van der Waals surface area contributed by atoms with E-state index in [1.54, 1.807) is 6.07 Å². The van der Waals surface area contributed by atoms with Gasteiger partial charge in [-0.1, -0.05) is 6.07 Å². The van der Waals surface area contributed by atoms with E-state index < -0.39 is 12.3 Å². The van der Waals surface area contributed by atoms with E-state index in [1.807, 2.05) is 0 Å². The van der Waals surface area contributed by atoms with Gasteiger partial charge in [0, 0.05) is 19.0 Å². The number of fused-ring (bicyclic) bond motifs is 1. The quantitative estimate of drug-likeness (QED) is 0.920. The average molecular weight is 313 g/mol. The molecule has 0 bridgehead atoms. The maximum absolute atomic E-state index is 13.0. The number of alkyl halides is 2. The highest BCUT2D eigenvalue weighted by molar-refractivity contribution is 5.80. The molecule has 2 aliphatic heterocycles. The molecule has 0 radical (unpaired) electrons. The topological polar surface area (TPSA) is 76.1 Å². The van der Waals surface area contributed by atoms with Crippen LogP contribution in [0, 0.1) is 0 Å². The first-order chi connectivity index (χ1) is 10.3. The SMILES string of the molecule is O=C(O)CC1CCC(=O)N1Cc1ccc2c(c1)OC(F)(F)O2. The first kappa shape index (κ1) is 14.6. The summed E-state index contributed by atoms with van der Waals surface area (Å²) in [7, 11) is 0. The van der Waals surface area contributed by atoms with Crippen LogP contribution < -0.4 is 9.47 Å². The van der Waals surface area contributed by atoms with Crippen molar-refractivity contribution in [2.75, 3.05) is 0 Å². The van der Waals surface area contributed by atoms with Gasteiger partial charge in [-0.05, 0) is 24.1 Å². The standard InChI is InChI=1S/C14H13F2NO5/c15-14(16)21-10-3-1-8(5-11(10)22-14)7-17-9(6-13(19)20)2-4-12(17)18/h1,3,5,9H,2,4,6-7H2,(H,19,20). The molecule has 0 aliphatic carbocycles. The van der Waals surface area contributed by atoms with Crippen LogP contribution in [0.15, 0.2) is 18.2 Å². The van der Waals surface area contributed by atoms with Gasteiger partial charge in [0.05, 0.1) is 6.42 Å². The molecule has 22 heavy (non-hydrogen) atoms. The summed E-state index contributed by atoms with van der Waals surface area (Å²) in [6, 6.07) is 3.89. The van der Waals surface area contributed by atoms with Crippen LogP contribution in [0.4, 0.5) is 8.78 Å². The van der Waals surface area contributed by atoms with Crippen molar-refractivity contribution in [2.24, 2.45) is 0 Å². The van der Waals surface area contributed by atoms with Crippen molar-refractivity contribution in [1.29, 1.82) is 0 Å². The molecular formula is C14H13F2NO5. The van der Waals surface area contributed by atoms with E-state index >= 15 is 0 Å². The predicted molar refractivity (Wildman–Crippen MR) is 68.5 cm³/mol. The number of carbonyl (C=O) groups excluding carboxylic acids is 1. The summed E-state index contributed by atoms with van der Waals surface area (Å²) < 4.78 is 34.6. The fraction of sp³-hybridized carbons (Fsp3) is 0.429. The average Bonchev–Trinajstić information content (AvgIpc) is 2.89. The Balaban J connectivity index is 1.76. The summed E-state index contributed by atoms with van der Waals surface area (Å²) in [6.45, 7) is 0.152. The minimum atomic E-state index is -3.68. The molecule has 8 heteroatoms. The maximum Gasteiger partial charge on any atom is 0.586 e. The van der Waals surface area contributed by atoms with Crippen molar-refractivity contribution in [3.63, 3.8) is 0 Å². The lowest BCUT2D eigenvalue weighted by molar-refractivity contribution is -0.286. The smallest absolute Gasteiger partial charge is 0.481 e.